The van der Waals surface area contributed by atoms with Crippen molar-refractivity contribution in [1.82, 2.24) is 20.1 Å². The van der Waals surface area contributed by atoms with Gasteiger partial charge in [-0.3, -0.25) is 14.3 Å². The molecule has 0 radical (unpaired) electrons. The number of ether oxygens (including phenoxy) is 2. The molecular formula is C32H30Cl2FN5O5. The summed E-state index contributed by atoms with van der Waals surface area (Å²) in [5.74, 6) is -1.33. The number of carbonyl (C=O) groups is 2. The van der Waals surface area contributed by atoms with Crippen molar-refractivity contribution >= 4 is 45.9 Å². The first-order chi connectivity index (χ1) is 21.4. The van der Waals surface area contributed by atoms with Gasteiger partial charge in [0.1, 0.15) is 46.1 Å². The van der Waals surface area contributed by atoms with E-state index in [1.807, 2.05) is 10.9 Å². The number of benzene rings is 2. The zero-order valence-corrected chi connectivity index (χ0v) is 26.0. The van der Waals surface area contributed by atoms with E-state index in [1.54, 1.807) is 25.1 Å². The summed E-state index contributed by atoms with van der Waals surface area (Å²) in [5.41, 5.74) is 4.66. The van der Waals surface area contributed by atoms with Crippen LogP contribution in [0.2, 0.25) is 10.0 Å². The molecule has 2 fully saturated rings. The molecule has 2 amide bonds. The number of halogens is 3. The molecule has 3 aliphatic rings. The predicted molar refractivity (Wildman–Crippen MR) is 165 cm³/mol. The van der Waals surface area contributed by atoms with Crippen LogP contribution in [0.1, 0.15) is 60.3 Å². The highest BCUT2D eigenvalue weighted by atomic mass is 35.5. The molecule has 45 heavy (non-hydrogen) atoms. The van der Waals surface area contributed by atoms with E-state index in [2.05, 4.69) is 10.4 Å². The maximum absolute atomic E-state index is 14.6. The molecule has 234 valence electrons. The number of carbonyl (C=O) groups excluding carboxylic acids is 2. The van der Waals surface area contributed by atoms with Crippen molar-refractivity contribution < 1.29 is 28.6 Å². The number of hydrogen-bond acceptors (Lipinski definition) is 7. The van der Waals surface area contributed by atoms with Crippen molar-refractivity contribution in [2.75, 3.05) is 20.3 Å². The van der Waals surface area contributed by atoms with E-state index >= 15 is 0 Å². The average Bonchev–Trinajstić information content (AvgIpc) is 3.96. The van der Waals surface area contributed by atoms with Crippen LogP contribution in [0.3, 0.4) is 0 Å². The Kier molecular flexibility index (Phi) is 6.99. The van der Waals surface area contributed by atoms with Crippen molar-refractivity contribution in [3.05, 3.63) is 69.2 Å². The minimum Gasteiger partial charge on any atom is -0.494 e. The summed E-state index contributed by atoms with van der Waals surface area (Å²) in [6.45, 7) is 1.34. The number of aromatic nitrogens is 3. The van der Waals surface area contributed by atoms with Gasteiger partial charge in [-0.15, -0.1) is 0 Å². The first-order valence-corrected chi connectivity index (χ1v) is 15.4. The molecule has 13 heteroatoms. The average molecular weight is 655 g/mol. The van der Waals surface area contributed by atoms with Crippen molar-refractivity contribution in [2.45, 2.75) is 49.7 Å². The fourth-order valence-corrected chi connectivity index (χ4v) is 6.38. The van der Waals surface area contributed by atoms with Gasteiger partial charge in [0.25, 0.3) is 5.91 Å². The molecule has 0 spiro atoms. The van der Waals surface area contributed by atoms with Gasteiger partial charge < -0.3 is 25.6 Å². The molecule has 2 aliphatic carbocycles. The normalized spacial score (nSPS) is 20.4. The number of nitrogens with one attached hydrogen (secondary N) is 1. The van der Waals surface area contributed by atoms with Gasteiger partial charge in [0.15, 0.2) is 0 Å². The van der Waals surface area contributed by atoms with Gasteiger partial charge in [-0.1, -0.05) is 23.2 Å². The fourth-order valence-electron chi connectivity index (χ4n) is 5.98. The molecular weight excluding hydrogens is 624 g/mol. The molecule has 1 aliphatic heterocycles. The number of pyridine rings is 1. The highest BCUT2D eigenvalue weighted by molar-refractivity contribution is 6.43. The lowest BCUT2D eigenvalue weighted by Gasteiger charge is -2.30. The van der Waals surface area contributed by atoms with Gasteiger partial charge in [0.05, 0.1) is 35.4 Å². The van der Waals surface area contributed by atoms with Crippen molar-refractivity contribution in [1.29, 1.82) is 0 Å². The molecule has 2 atom stereocenters. The summed E-state index contributed by atoms with van der Waals surface area (Å²) in [4.78, 5) is 30.9. The summed E-state index contributed by atoms with van der Waals surface area (Å²) in [5, 5.41) is 20.5. The van der Waals surface area contributed by atoms with Crippen LogP contribution in [0, 0.1) is 11.7 Å². The highest BCUT2D eigenvalue weighted by Crippen LogP contribution is 2.51. The van der Waals surface area contributed by atoms with Crippen LogP contribution in [0.5, 0.6) is 11.5 Å². The maximum atomic E-state index is 14.6. The minimum absolute atomic E-state index is 0.0267. The fraction of sp³-hybridized carbons (Fsp3) is 0.375. The third-order valence-corrected chi connectivity index (χ3v) is 9.88. The largest absolute Gasteiger partial charge is 0.494 e. The van der Waals surface area contributed by atoms with Gasteiger partial charge in [-0.2, -0.15) is 5.10 Å². The molecule has 4 N–H and O–H groups in total. The Morgan fingerprint density at radius 2 is 1.98 bits per heavy atom. The number of primary amides is 1. The molecule has 1 unspecified atom stereocenters. The standard InChI is InChI=1S/C32H30Cl2FN5O5/c1-31(30(36)42)14-45-28-21(31)11-24(38-27(28)20-9-18(35)10-22(33)25(20)34)32(43,17-3-4-17)13-37-29(41)15-7-16-12-40(19-5-6-19)39-26(16)23(8-15)44-2/h7-12,17,19,43H,3-6,13-14H2,1-2H3,(H2,36,42)(H,37,41)/t31-,32?/m0/s1. The maximum Gasteiger partial charge on any atom is 0.251 e. The lowest BCUT2D eigenvalue weighted by atomic mass is 9.81. The Labute approximate surface area is 267 Å². The summed E-state index contributed by atoms with van der Waals surface area (Å²) in [6.07, 6.45) is 5.38. The lowest BCUT2D eigenvalue weighted by Crippen LogP contribution is -2.44. The SMILES string of the molecule is COc1cc(C(=O)NCC(O)(c2cc3c(c(-c4cc(F)cc(Cl)c4Cl)n2)OC[C@]3(C)C(N)=O)C2CC2)cc2cn(C3CC3)nc12. The zero-order valence-electron chi connectivity index (χ0n) is 24.5. The highest BCUT2D eigenvalue weighted by Gasteiger charge is 2.50. The number of methoxy groups -OCH3 is 1. The predicted octanol–water partition coefficient (Wildman–Crippen LogP) is 5.05. The van der Waals surface area contributed by atoms with Gasteiger partial charge in [-0.05, 0) is 68.9 Å². The second kappa shape index (κ2) is 10.6. The quantitative estimate of drug-likeness (QED) is 0.215. The van der Waals surface area contributed by atoms with Crippen LogP contribution in [0.4, 0.5) is 4.39 Å². The van der Waals surface area contributed by atoms with Gasteiger partial charge in [0, 0.05) is 28.3 Å². The molecule has 3 heterocycles. The van der Waals surface area contributed by atoms with Crippen molar-refractivity contribution in [3.63, 3.8) is 0 Å². The number of nitrogens with zero attached hydrogens (tertiary/aromatic N) is 3. The number of fused-ring (bicyclic) bond motifs is 2. The van der Waals surface area contributed by atoms with Crippen LogP contribution in [-0.2, 0) is 15.8 Å². The summed E-state index contributed by atoms with van der Waals surface area (Å²) < 4.78 is 27.9. The topological polar surface area (TPSA) is 142 Å². The Morgan fingerprint density at radius 1 is 1.22 bits per heavy atom. The lowest BCUT2D eigenvalue weighted by molar-refractivity contribution is -0.123. The van der Waals surface area contributed by atoms with Crippen LogP contribution < -0.4 is 20.5 Å². The second-order valence-corrected chi connectivity index (χ2v) is 13.1. The number of amides is 2. The number of hydrogen-bond donors (Lipinski definition) is 3. The van der Waals surface area contributed by atoms with Crippen LogP contribution in [0.15, 0.2) is 36.5 Å². The Balaban J connectivity index is 1.28. The van der Waals surface area contributed by atoms with E-state index in [0.29, 0.717) is 41.3 Å². The summed E-state index contributed by atoms with van der Waals surface area (Å²) in [7, 11) is 1.52. The zero-order chi connectivity index (χ0) is 31.8. The smallest absolute Gasteiger partial charge is 0.251 e. The van der Waals surface area contributed by atoms with Crippen molar-refractivity contribution in [3.8, 4) is 22.8 Å². The van der Waals surface area contributed by atoms with E-state index in [9.17, 15) is 19.1 Å². The van der Waals surface area contributed by atoms with Gasteiger partial charge >= 0.3 is 0 Å². The monoisotopic (exact) mass is 653 g/mol. The third-order valence-electron chi connectivity index (χ3n) is 9.07. The molecule has 0 bridgehead atoms. The Morgan fingerprint density at radius 3 is 2.64 bits per heavy atom. The summed E-state index contributed by atoms with van der Waals surface area (Å²) in [6, 6.07) is 7.54. The van der Waals surface area contributed by atoms with Gasteiger partial charge in [-0.25, -0.2) is 9.37 Å². The van der Waals surface area contributed by atoms with E-state index < -0.39 is 28.6 Å². The molecule has 2 saturated carbocycles. The molecule has 2 aromatic carbocycles. The van der Waals surface area contributed by atoms with Crippen LogP contribution in [0.25, 0.3) is 22.2 Å². The first-order valence-electron chi connectivity index (χ1n) is 14.6. The number of aliphatic hydroxyl groups is 1. The van der Waals surface area contributed by atoms with Gasteiger partial charge in [0.2, 0.25) is 5.91 Å². The van der Waals surface area contributed by atoms with E-state index in [0.717, 1.165) is 30.4 Å². The Hall–Kier alpha value is -3.93. The van der Waals surface area contributed by atoms with Crippen molar-refractivity contribution in [2.24, 2.45) is 11.7 Å². The van der Waals surface area contributed by atoms with E-state index in [4.69, 9.17) is 43.4 Å². The van der Waals surface area contributed by atoms with E-state index in [1.165, 1.54) is 7.11 Å². The van der Waals surface area contributed by atoms with Crippen LogP contribution in [-0.4, -0.2) is 51.9 Å². The molecule has 7 rings (SSSR count). The molecule has 0 saturated heterocycles. The minimum atomic E-state index is -1.66. The van der Waals surface area contributed by atoms with E-state index in [-0.39, 0.29) is 51.8 Å². The molecule has 10 nitrogen and oxygen atoms in total. The number of nitrogens with two attached hydrogens (primary N) is 1. The molecule has 2 aromatic heterocycles. The Bertz CT molecular complexity index is 1910. The summed E-state index contributed by atoms with van der Waals surface area (Å²) >= 11 is 12.7. The van der Waals surface area contributed by atoms with Crippen LogP contribution >= 0.6 is 23.2 Å². The third kappa shape index (κ3) is 4.97. The molecule has 4 aromatic rings. The number of rotatable bonds is 9. The first kappa shape index (κ1) is 29.8. The second-order valence-electron chi connectivity index (χ2n) is 12.3.